The van der Waals surface area contributed by atoms with Crippen molar-refractivity contribution in [2.45, 2.75) is 46.5 Å². The maximum Gasteiger partial charge on any atom is 0.000438 e. The van der Waals surface area contributed by atoms with Gasteiger partial charge in [-0.15, -0.1) is 0 Å². The van der Waals surface area contributed by atoms with Gasteiger partial charge < -0.3 is 4.90 Å². The molecular weight excluding hydrogens is 158 g/mol. The molecule has 1 nitrogen and oxygen atoms in total. The molecule has 0 radical (unpaired) electrons. The molecule has 1 aliphatic rings. The Labute approximate surface area is 83.5 Å². The number of likely N-dealkylation sites (tertiary alicyclic amines) is 1. The molecule has 13 heavy (non-hydrogen) atoms. The van der Waals surface area contributed by atoms with Crippen LogP contribution in [-0.2, 0) is 0 Å². The Morgan fingerprint density at radius 3 is 2.62 bits per heavy atom. The highest BCUT2D eigenvalue weighted by Gasteiger charge is 2.15. The van der Waals surface area contributed by atoms with E-state index in [1.54, 1.807) is 0 Å². The van der Waals surface area contributed by atoms with Crippen LogP contribution in [0.3, 0.4) is 0 Å². The summed E-state index contributed by atoms with van der Waals surface area (Å²) in [4.78, 5) is 2.65. The normalized spacial score (nSPS) is 26.3. The molecule has 1 aliphatic heterocycles. The molecule has 1 atom stereocenters. The zero-order chi connectivity index (χ0) is 9.68. The molecule has 1 rings (SSSR count). The fourth-order valence-electron chi connectivity index (χ4n) is 2.33. The van der Waals surface area contributed by atoms with Gasteiger partial charge in [0.2, 0.25) is 0 Å². The lowest BCUT2D eigenvalue weighted by molar-refractivity contribution is 0.250. The molecule has 0 aromatic heterocycles. The van der Waals surface area contributed by atoms with Gasteiger partial charge in [0, 0.05) is 6.54 Å². The molecule has 1 fully saturated rings. The lowest BCUT2D eigenvalue weighted by atomic mass is 9.98. The van der Waals surface area contributed by atoms with Crippen molar-refractivity contribution >= 4 is 0 Å². The minimum Gasteiger partial charge on any atom is -0.303 e. The van der Waals surface area contributed by atoms with Crippen molar-refractivity contribution in [3.63, 3.8) is 0 Å². The lowest BCUT2D eigenvalue weighted by Crippen LogP contribution is -2.28. The van der Waals surface area contributed by atoms with Crippen LogP contribution in [0.4, 0.5) is 0 Å². The average molecular weight is 183 g/mol. The van der Waals surface area contributed by atoms with Crippen LogP contribution in [0.25, 0.3) is 0 Å². The van der Waals surface area contributed by atoms with Crippen LogP contribution < -0.4 is 0 Å². The lowest BCUT2D eigenvalue weighted by Gasteiger charge is -2.21. The topological polar surface area (TPSA) is 3.24 Å². The van der Waals surface area contributed by atoms with E-state index >= 15 is 0 Å². The first-order chi connectivity index (χ1) is 6.22. The first-order valence-corrected chi connectivity index (χ1v) is 5.94. The second-order valence-electron chi connectivity index (χ2n) is 4.90. The van der Waals surface area contributed by atoms with Gasteiger partial charge in [0.25, 0.3) is 0 Å². The van der Waals surface area contributed by atoms with Gasteiger partial charge in [-0.3, -0.25) is 0 Å². The van der Waals surface area contributed by atoms with E-state index in [1.165, 1.54) is 45.3 Å². The fourth-order valence-corrected chi connectivity index (χ4v) is 2.33. The fraction of sp³-hybridized carbons (Fsp3) is 1.00. The van der Waals surface area contributed by atoms with Crippen LogP contribution in [0.15, 0.2) is 0 Å². The van der Waals surface area contributed by atoms with E-state index in [-0.39, 0.29) is 0 Å². The van der Waals surface area contributed by atoms with Crippen molar-refractivity contribution in [1.29, 1.82) is 0 Å². The average Bonchev–Trinajstić information content (AvgIpc) is 2.29. The van der Waals surface area contributed by atoms with Crippen LogP contribution in [-0.4, -0.2) is 24.5 Å². The minimum atomic E-state index is 0.832. The number of nitrogens with zero attached hydrogens (tertiary/aromatic N) is 1. The Morgan fingerprint density at radius 2 is 2.00 bits per heavy atom. The monoisotopic (exact) mass is 183 g/mol. The van der Waals surface area contributed by atoms with E-state index in [9.17, 15) is 0 Å². The van der Waals surface area contributed by atoms with Gasteiger partial charge in [0.05, 0.1) is 0 Å². The largest absolute Gasteiger partial charge is 0.303 e. The highest BCUT2D eigenvalue weighted by atomic mass is 15.1. The van der Waals surface area contributed by atoms with Gasteiger partial charge in [0.1, 0.15) is 0 Å². The Hall–Kier alpha value is -0.0400. The van der Waals surface area contributed by atoms with Gasteiger partial charge in [-0.2, -0.15) is 0 Å². The maximum absolute atomic E-state index is 2.65. The van der Waals surface area contributed by atoms with Crippen molar-refractivity contribution in [1.82, 2.24) is 4.90 Å². The van der Waals surface area contributed by atoms with Gasteiger partial charge in [-0.1, -0.05) is 27.2 Å². The molecule has 78 valence electrons. The third-order valence-electron chi connectivity index (χ3n) is 3.14. The maximum atomic E-state index is 2.65. The van der Waals surface area contributed by atoms with Crippen molar-refractivity contribution < 1.29 is 0 Å². The number of hydrogen-bond donors (Lipinski definition) is 0. The summed E-state index contributed by atoms with van der Waals surface area (Å²) >= 11 is 0. The van der Waals surface area contributed by atoms with Gasteiger partial charge >= 0.3 is 0 Å². The second-order valence-corrected chi connectivity index (χ2v) is 4.90. The summed E-state index contributed by atoms with van der Waals surface area (Å²) in [6, 6.07) is 0. The van der Waals surface area contributed by atoms with Gasteiger partial charge in [0.15, 0.2) is 0 Å². The molecular formula is C12H25N. The van der Waals surface area contributed by atoms with E-state index < -0.39 is 0 Å². The van der Waals surface area contributed by atoms with Crippen molar-refractivity contribution in [3.05, 3.63) is 0 Å². The molecule has 1 saturated heterocycles. The van der Waals surface area contributed by atoms with E-state index in [0.717, 1.165) is 11.8 Å². The van der Waals surface area contributed by atoms with Crippen LogP contribution in [0.5, 0.6) is 0 Å². The van der Waals surface area contributed by atoms with Gasteiger partial charge in [-0.25, -0.2) is 0 Å². The second kappa shape index (κ2) is 5.64. The van der Waals surface area contributed by atoms with Crippen LogP contribution in [0, 0.1) is 11.8 Å². The molecule has 0 aromatic rings. The van der Waals surface area contributed by atoms with E-state index in [0.29, 0.717) is 0 Å². The summed E-state index contributed by atoms with van der Waals surface area (Å²) in [6.07, 6.45) is 5.70. The Morgan fingerprint density at radius 1 is 1.23 bits per heavy atom. The molecule has 0 N–H and O–H groups in total. The molecule has 0 bridgehead atoms. The Kier molecular flexibility index (Phi) is 4.79. The van der Waals surface area contributed by atoms with Crippen molar-refractivity contribution in [3.8, 4) is 0 Å². The third kappa shape index (κ3) is 4.12. The van der Waals surface area contributed by atoms with Crippen LogP contribution >= 0.6 is 0 Å². The van der Waals surface area contributed by atoms with Gasteiger partial charge in [-0.05, 0) is 44.2 Å². The van der Waals surface area contributed by atoms with Crippen molar-refractivity contribution in [2.75, 3.05) is 19.6 Å². The SMILES string of the molecule is CCC1CCCN(CC(C)C)CC1. The standard InChI is InChI=1S/C12H25N/c1-4-12-6-5-8-13(9-7-12)10-11(2)3/h11-12H,4-10H2,1-3H3. The Balaban J connectivity index is 2.27. The molecule has 0 amide bonds. The molecule has 1 heteroatoms. The third-order valence-corrected chi connectivity index (χ3v) is 3.14. The minimum absolute atomic E-state index is 0.832. The highest BCUT2D eigenvalue weighted by molar-refractivity contribution is 4.69. The predicted molar refractivity (Wildman–Crippen MR) is 58.9 cm³/mol. The highest BCUT2D eigenvalue weighted by Crippen LogP contribution is 2.20. The smallest absolute Gasteiger partial charge is 0.000438 e. The molecule has 1 unspecified atom stereocenters. The molecule has 0 saturated carbocycles. The summed E-state index contributed by atoms with van der Waals surface area (Å²) in [6.45, 7) is 11.0. The van der Waals surface area contributed by atoms with Crippen molar-refractivity contribution in [2.24, 2.45) is 11.8 Å². The summed E-state index contributed by atoms with van der Waals surface area (Å²) in [5.41, 5.74) is 0. The van der Waals surface area contributed by atoms with E-state index in [4.69, 9.17) is 0 Å². The van der Waals surface area contributed by atoms with E-state index in [1.807, 2.05) is 0 Å². The molecule has 0 aromatic carbocycles. The van der Waals surface area contributed by atoms with Crippen LogP contribution in [0.2, 0.25) is 0 Å². The summed E-state index contributed by atoms with van der Waals surface area (Å²) in [5, 5.41) is 0. The quantitative estimate of drug-likeness (QED) is 0.649. The Bertz CT molecular complexity index is 131. The zero-order valence-electron chi connectivity index (χ0n) is 9.55. The predicted octanol–water partition coefficient (Wildman–Crippen LogP) is 3.15. The summed E-state index contributed by atoms with van der Waals surface area (Å²) in [7, 11) is 0. The number of hydrogen-bond acceptors (Lipinski definition) is 1. The first kappa shape index (κ1) is 11.0. The first-order valence-electron chi connectivity index (χ1n) is 5.94. The number of rotatable bonds is 3. The molecule has 0 aliphatic carbocycles. The van der Waals surface area contributed by atoms with E-state index in [2.05, 4.69) is 25.7 Å². The molecule has 1 heterocycles. The van der Waals surface area contributed by atoms with Crippen LogP contribution in [0.1, 0.15) is 46.5 Å². The summed E-state index contributed by atoms with van der Waals surface area (Å²) < 4.78 is 0. The summed E-state index contributed by atoms with van der Waals surface area (Å²) in [5.74, 6) is 1.84. The zero-order valence-corrected chi connectivity index (χ0v) is 9.55. The molecule has 0 spiro atoms.